The molecule has 0 radical (unpaired) electrons. The molecule has 1 fully saturated rings. The van der Waals surface area contributed by atoms with E-state index in [0.717, 1.165) is 25.7 Å². The fourth-order valence-electron chi connectivity index (χ4n) is 1.21. The zero-order chi connectivity index (χ0) is 7.40. The minimum absolute atomic E-state index is 0.156. The third-order valence-electron chi connectivity index (χ3n) is 1.89. The average Bonchev–Trinajstić information content (AvgIpc) is 1.95. The molecule has 10 heavy (non-hydrogen) atoms. The van der Waals surface area contributed by atoms with Gasteiger partial charge < -0.3 is 4.74 Å². The molecule has 2 nitrogen and oxygen atoms in total. The monoisotopic (exact) mass is 140 g/mol. The van der Waals surface area contributed by atoms with Gasteiger partial charge in [0.15, 0.2) is 0 Å². The van der Waals surface area contributed by atoms with Crippen LogP contribution in [0.2, 0.25) is 0 Å². The molecule has 1 saturated carbocycles. The van der Waals surface area contributed by atoms with Crippen LogP contribution in [-0.4, -0.2) is 12.6 Å². The van der Waals surface area contributed by atoms with E-state index in [9.17, 15) is 4.79 Å². The topological polar surface area (TPSA) is 26.3 Å². The van der Waals surface area contributed by atoms with E-state index in [-0.39, 0.29) is 6.10 Å². The lowest BCUT2D eigenvalue weighted by Crippen LogP contribution is -2.16. The van der Waals surface area contributed by atoms with Crippen molar-refractivity contribution in [3.8, 4) is 0 Å². The first kappa shape index (κ1) is 7.32. The Morgan fingerprint density at radius 1 is 1.50 bits per heavy atom. The Morgan fingerprint density at radius 2 is 2.10 bits per heavy atom. The highest BCUT2D eigenvalue weighted by Crippen LogP contribution is 2.23. The summed E-state index contributed by atoms with van der Waals surface area (Å²) in [5.41, 5.74) is 1.28. The molecule has 0 aromatic heterocycles. The highest BCUT2D eigenvalue weighted by atomic mass is 16.5. The molecule has 0 aromatic carbocycles. The fourth-order valence-corrected chi connectivity index (χ4v) is 1.21. The largest absolute Gasteiger partial charge is 0.465 e. The maximum atomic E-state index is 9.91. The van der Waals surface area contributed by atoms with Gasteiger partial charge in [0.1, 0.15) is 6.10 Å². The second-order valence-electron chi connectivity index (χ2n) is 2.68. The number of ether oxygens (including phenoxy) is 1. The molecular weight excluding hydrogens is 128 g/mol. The number of carbonyl (C=O) groups is 1. The maximum absolute atomic E-state index is 9.91. The molecule has 0 unspecified atom stereocenters. The molecule has 0 N–H and O–H groups in total. The van der Waals surface area contributed by atoms with E-state index in [0.29, 0.717) is 6.47 Å². The first-order chi connectivity index (χ1) is 4.83. The third kappa shape index (κ3) is 1.87. The lowest BCUT2D eigenvalue weighted by molar-refractivity contribution is -0.134. The first-order valence-electron chi connectivity index (χ1n) is 3.58. The van der Waals surface area contributed by atoms with Crippen LogP contribution >= 0.6 is 0 Å². The lowest BCUT2D eigenvalue weighted by atomic mass is 9.94. The van der Waals surface area contributed by atoms with Gasteiger partial charge in [-0.3, -0.25) is 4.79 Å². The van der Waals surface area contributed by atoms with Crippen LogP contribution in [-0.2, 0) is 9.53 Å². The average molecular weight is 140 g/mol. The molecule has 1 aliphatic carbocycles. The highest BCUT2D eigenvalue weighted by molar-refractivity contribution is 5.37. The van der Waals surface area contributed by atoms with Gasteiger partial charge in [-0.1, -0.05) is 12.2 Å². The Bertz CT molecular complexity index is 130. The van der Waals surface area contributed by atoms with Crippen LogP contribution in [0.5, 0.6) is 0 Å². The predicted molar refractivity (Wildman–Crippen MR) is 38.5 cm³/mol. The number of carbonyl (C=O) groups excluding carboxylic acids is 1. The van der Waals surface area contributed by atoms with Gasteiger partial charge in [-0.15, -0.1) is 0 Å². The van der Waals surface area contributed by atoms with Crippen LogP contribution in [0.3, 0.4) is 0 Å². The Kier molecular flexibility index (Phi) is 2.49. The van der Waals surface area contributed by atoms with Crippen LogP contribution in [0.4, 0.5) is 0 Å². The van der Waals surface area contributed by atoms with Gasteiger partial charge in [-0.2, -0.15) is 0 Å². The smallest absolute Gasteiger partial charge is 0.293 e. The first-order valence-corrected chi connectivity index (χ1v) is 3.58. The van der Waals surface area contributed by atoms with Gasteiger partial charge in [-0.25, -0.2) is 0 Å². The normalized spacial score (nSPS) is 20.6. The molecule has 2 heteroatoms. The van der Waals surface area contributed by atoms with Gasteiger partial charge in [-0.05, 0) is 25.7 Å². The van der Waals surface area contributed by atoms with Crippen molar-refractivity contribution in [1.29, 1.82) is 0 Å². The number of rotatable bonds is 2. The van der Waals surface area contributed by atoms with E-state index in [2.05, 4.69) is 6.58 Å². The summed E-state index contributed by atoms with van der Waals surface area (Å²) in [6.07, 6.45) is 4.09. The third-order valence-corrected chi connectivity index (χ3v) is 1.89. The molecule has 0 bridgehead atoms. The van der Waals surface area contributed by atoms with Gasteiger partial charge in [0.25, 0.3) is 6.47 Å². The van der Waals surface area contributed by atoms with Gasteiger partial charge in [0.05, 0.1) is 0 Å². The quantitative estimate of drug-likeness (QED) is 0.430. The van der Waals surface area contributed by atoms with Crippen LogP contribution < -0.4 is 0 Å². The Hall–Kier alpha value is -0.790. The zero-order valence-corrected chi connectivity index (χ0v) is 6.01. The maximum Gasteiger partial charge on any atom is 0.293 e. The van der Waals surface area contributed by atoms with E-state index in [4.69, 9.17) is 4.74 Å². The van der Waals surface area contributed by atoms with Crippen LogP contribution in [0, 0.1) is 0 Å². The standard InChI is InChI=1S/C8H12O2/c1-7-2-4-8(5-3-7)10-6-9/h6,8H,1-5H2. The van der Waals surface area contributed by atoms with E-state index >= 15 is 0 Å². The Morgan fingerprint density at radius 3 is 2.60 bits per heavy atom. The SMILES string of the molecule is C=C1CCC(OC=O)CC1. The van der Waals surface area contributed by atoms with Crippen molar-refractivity contribution in [3.05, 3.63) is 12.2 Å². The van der Waals surface area contributed by atoms with Crippen molar-refractivity contribution in [2.75, 3.05) is 0 Å². The van der Waals surface area contributed by atoms with Crippen molar-refractivity contribution in [1.82, 2.24) is 0 Å². The molecular formula is C8H12O2. The van der Waals surface area contributed by atoms with Gasteiger partial charge in [0.2, 0.25) is 0 Å². The number of allylic oxidation sites excluding steroid dienone is 1. The molecule has 1 rings (SSSR count). The van der Waals surface area contributed by atoms with Gasteiger partial charge >= 0.3 is 0 Å². The molecule has 0 aromatic rings. The molecule has 1 aliphatic rings. The zero-order valence-electron chi connectivity index (χ0n) is 6.01. The summed E-state index contributed by atoms with van der Waals surface area (Å²) in [6, 6.07) is 0. The van der Waals surface area contributed by atoms with Crippen molar-refractivity contribution in [2.24, 2.45) is 0 Å². The van der Waals surface area contributed by atoms with Gasteiger partial charge in [0, 0.05) is 0 Å². The fraction of sp³-hybridized carbons (Fsp3) is 0.625. The molecule has 0 heterocycles. The highest BCUT2D eigenvalue weighted by Gasteiger charge is 2.15. The second kappa shape index (κ2) is 3.40. The lowest BCUT2D eigenvalue weighted by Gasteiger charge is -2.21. The van der Waals surface area contributed by atoms with Crippen LogP contribution in [0.25, 0.3) is 0 Å². The van der Waals surface area contributed by atoms with Crippen molar-refractivity contribution in [2.45, 2.75) is 31.8 Å². The van der Waals surface area contributed by atoms with Crippen molar-refractivity contribution < 1.29 is 9.53 Å². The Labute approximate surface area is 60.9 Å². The van der Waals surface area contributed by atoms with E-state index in [1.807, 2.05) is 0 Å². The minimum Gasteiger partial charge on any atom is -0.465 e. The molecule has 0 aliphatic heterocycles. The number of hydrogen-bond acceptors (Lipinski definition) is 2. The molecule has 0 spiro atoms. The second-order valence-corrected chi connectivity index (χ2v) is 2.68. The molecule has 0 atom stereocenters. The minimum atomic E-state index is 0.156. The predicted octanol–water partition coefficient (Wildman–Crippen LogP) is 1.66. The summed E-state index contributed by atoms with van der Waals surface area (Å²) in [6.45, 7) is 4.41. The molecule has 0 amide bonds. The summed E-state index contributed by atoms with van der Waals surface area (Å²) in [5, 5.41) is 0. The van der Waals surface area contributed by atoms with E-state index in [1.165, 1.54) is 5.57 Å². The van der Waals surface area contributed by atoms with Crippen LogP contribution in [0.1, 0.15) is 25.7 Å². The van der Waals surface area contributed by atoms with E-state index in [1.54, 1.807) is 0 Å². The van der Waals surface area contributed by atoms with Crippen LogP contribution in [0.15, 0.2) is 12.2 Å². The molecule has 56 valence electrons. The summed E-state index contributed by atoms with van der Waals surface area (Å²) < 4.78 is 4.81. The summed E-state index contributed by atoms with van der Waals surface area (Å²) in [7, 11) is 0. The summed E-state index contributed by atoms with van der Waals surface area (Å²) in [4.78, 5) is 9.91. The Balaban J connectivity index is 2.25. The molecule has 0 saturated heterocycles. The van der Waals surface area contributed by atoms with E-state index < -0.39 is 0 Å². The summed E-state index contributed by atoms with van der Waals surface area (Å²) >= 11 is 0. The number of hydrogen-bond donors (Lipinski definition) is 0. The summed E-state index contributed by atoms with van der Waals surface area (Å²) in [5.74, 6) is 0. The van der Waals surface area contributed by atoms with Crippen molar-refractivity contribution >= 4 is 6.47 Å². The van der Waals surface area contributed by atoms with Crippen molar-refractivity contribution in [3.63, 3.8) is 0 Å².